The minimum Gasteiger partial charge on any atom is -0.369 e. The quantitative estimate of drug-likeness (QED) is 0.895. The number of anilines is 2. The number of carbonyl (C=O) groups excluding carboxylic acids is 1. The van der Waals surface area contributed by atoms with Crippen LogP contribution in [0.15, 0.2) is 24.5 Å². The second-order valence-electron chi connectivity index (χ2n) is 5.63. The van der Waals surface area contributed by atoms with Crippen molar-refractivity contribution in [1.82, 2.24) is 25.1 Å². The second kappa shape index (κ2) is 7.20. The molecule has 8 nitrogen and oxygen atoms in total. The van der Waals surface area contributed by atoms with Gasteiger partial charge in [-0.3, -0.25) is 9.78 Å². The molecule has 0 unspecified atom stereocenters. The van der Waals surface area contributed by atoms with Gasteiger partial charge in [-0.05, 0) is 26.0 Å². The number of rotatable bonds is 4. The number of aryl methyl sites for hydroxylation is 1. The maximum Gasteiger partial charge on any atom is 0.274 e. The molecule has 1 aliphatic heterocycles. The van der Waals surface area contributed by atoms with Gasteiger partial charge in [-0.25, -0.2) is 4.98 Å². The van der Waals surface area contributed by atoms with Gasteiger partial charge in [-0.15, -0.1) is 10.2 Å². The van der Waals surface area contributed by atoms with Gasteiger partial charge in [0.2, 0.25) is 0 Å². The molecule has 0 saturated carbocycles. The zero-order chi connectivity index (χ0) is 16.9. The minimum atomic E-state index is -0.0734. The lowest BCUT2D eigenvalue weighted by molar-refractivity contribution is 0.0740. The molecule has 1 N–H and O–H groups in total. The van der Waals surface area contributed by atoms with Crippen molar-refractivity contribution < 1.29 is 4.79 Å². The van der Waals surface area contributed by atoms with Crippen molar-refractivity contribution in [2.24, 2.45) is 0 Å². The van der Waals surface area contributed by atoms with E-state index in [0.717, 1.165) is 37.0 Å². The van der Waals surface area contributed by atoms with Crippen LogP contribution in [0.3, 0.4) is 0 Å². The zero-order valence-electron chi connectivity index (χ0n) is 13.9. The van der Waals surface area contributed by atoms with E-state index in [1.165, 1.54) is 6.20 Å². The third-order valence-electron chi connectivity index (χ3n) is 3.90. The minimum absolute atomic E-state index is 0.0734. The van der Waals surface area contributed by atoms with Gasteiger partial charge >= 0.3 is 0 Å². The van der Waals surface area contributed by atoms with Crippen LogP contribution in [-0.4, -0.2) is 63.7 Å². The molecule has 1 fully saturated rings. The number of aromatic nitrogens is 4. The van der Waals surface area contributed by atoms with Crippen LogP contribution in [-0.2, 0) is 0 Å². The number of hydrogen-bond donors (Lipinski definition) is 1. The molecule has 1 amide bonds. The van der Waals surface area contributed by atoms with Crippen LogP contribution in [0.1, 0.15) is 23.1 Å². The molecule has 0 aliphatic carbocycles. The Balaban J connectivity index is 1.59. The number of hydrogen-bond acceptors (Lipinski definition) is 7. The molecule has 1 aliphatic rings. The van der Waals surface area contributed by atoms with E-state index < -0.39 is 0 Å². The predicted molar refractivity (Wildman–Crippen MR) is 91.1 cm³/mol. The summed E-state index contributed by atoms with van der Waals surface area (Å²) in [6.07, 6.45) is 3.15. The molecule has 3 heterocycles. The molecular formula is C16H21N7O. The monoisotopic (exact) mass is 327 g/mol. The van der Waals surface area contributed by atoms with Crippen molar-refractivity contribution in [3.63, 3.8) is 0 Å². The van der Waals surface area contributed by atoms with Crippen LogP contribution in [0.4, 0.5) is 11.6 Å². The van der Waals surface area contributed by atoms with Gasteiger partial charge in [-0.1, -0.05) is 0 Å². The summed E-state index contributed by atoms with van der Waals surface area (Å²) in [6, 6.07) is 3.87. The van der Waals surface area contributed by atoms with Gasteiger partial charge in [0.25, 0.3) is 5.91 Å². The van der Waals surface area contributed by atoms with Gasteiger partial charge in [0.05, 0.1) is 11.9 Å². The van der Waals surface area contributed by atoms with Gasteiger partial charge in [0, 0.05) is 38.9 Å². The van der Waals surface area contributed by atoms with Crippen LogP contribution in [0.2, 0.25) is 0 Å². The van der Waals surface area contributed by atoms with Crippen LogP contribution in [0.25, 0.3) is 0 Å². The van der Waals surface area contributed by atoms with Crippen molar-refractivity contribution >= 4 is 17.5 Å². The Morgan fingerprint density at radius 2 is 1.92 bits per heavy atom. The van der Waals surface area contributed by atoms with E-state index in [0.29, 0.717) is 18.8 Å². The number of carbonyl (C=O) groups is 1. The summed E-state index contributed by atoms with van der Waals surface area (Å²) >= 11 is 0. The number of nitrogens with one attached hydrogen (secondary N) is 1. The fourth-order valence-electron chi connectivity index (χ4n) is 2.57. The number of nitrogens with zero attached hydrogens (tertiary/aromatic N) is 6. The zero-order valence-corrected chi connectivity index (χ0v) is 13.9. The fourth-order valence-corrected chi connectivity index (χ4v) is 2.57. The van der Waals surface area contributed by atoms with Crippen LogP contribution in [0, 0.1) is 6.92 Å². The molecule has 1 saturated heterocycles. The SMILES string of the molecule is CCNc1ccc(N2CCN(C(=O)c3cnc(C)cn3)CC2)nn1. The predicted octanol–water partition coefficient (Wildman–Crippen LogP) is 0.969. The first-order valence-corrected chi connectivity index (χ1v) is 8.08. The average Bonchev–Trinajstić information content (AvgIpc) is 2.63. The van der Waals surface area contributed by atoms with E-state index in [1.807, 2.05) is 26.0 Å². The van der Waals surface area contributed by atoms with Crippen molar-refractivity contribution in [2.45, 2.75) is 13.8 Å². The molecule has 8 heteroatoms. The molecule has 126 valence electrons. The highest BCUT2D eigenvalue weighted by Gasteiger charge is 2.23. The summed E-state index contributed by atoms with van der Waals surface area (Å²) in [5, 5.41) is 11.5. The highest BCUT2D eigenvalue weighted by molar-refractivity contribution is 5.92. The summed E-state index contributed by atoms with van der Waals surface area (Å²) in [7, 11) is 0. The lowest BCUT2D eigenvalue weighted by Crippen LogP contribution is -2.49. The topological polar surface area (TPSA) is 87.1 Å². The number of amides is 1. The van der Waals surface area contributed by atoms with E-state index in [-0.39, 0.29) is 5.91 Å². The molecule has 0 spiro atoms. The summed E-state index contributed by atoms with van der Waals surface area (Å²) in [5.74, 6) is 1.53. The summed E-state index contributed by atoms with van der Waals surface area (Å²) in [6.45, 7) is 7.39. The molecule has 0 radical (unpaired) electrons. The Kier molecular flexibility index (Phi) is 4.83. The van der Waals surface area contributed by atoms with E-state index >= 15 is 0 Å². The largest absolute Gasteiger partial charge is 0.369 e. The Morgan fingerprint density at radius 3 is 2.50 bits per heavy atom. The Bertz CT molecular complexity index is 679. The second-order valence-corrected chi connectivity index (χ2v) is 5.63. The Labute approximate surface area is 140 Å². The summed E-state index contributed by atoms with van der Waals surface area (Å²) in [4.78, 5) is 24.7. The summed E-state index contributed by atoms with van der Waals surface area (Å²) in [5.41, 5.74) is 1.19. The lowest BCUT2D eigenvalue weighted by atomic mass is 10.2. The highest BCUT2D eigenvalue weighted by Crippen LogP contribution is 2.15. The molecule has 0 aromatic carbocycles. The van der Waals surface area contributed by atoms with Crippen molar-refractivity contribution in [3.8, 4) is 0 Å². The van der Waals surface area contributed by atoms with Gasteiger partial charge in [0.15, 0.2) is 5.82 Å². The first kappa shape index (κ1) is 16.1. The Hall–Kier alpha value is -2.77. The van der Waals surface area contributed by atoms with E-state index in [1.54, 1.807) is 11.1 Å². The van der Waals surface area contributed by atoms with Crippen molar-refractivity contribution in [3.05, 3.63) is 35.9 Å². The third-order valence-corrected chi connectivity index (χ3v) is 3.90. The van der Waals surface area contributed by atoms with E-state index in [9.17, 15) is 4.79 Å². The molecular weight excluding hydrogens is 306 g/mol. The van der Waals surface area contributed by atoms with Gasteiger partial charge < -0.3 is 15.1 Å². The van der Waals surface area contributed by atoms with Gasteiger partial charge in [-0.2, -0.15) is 0 Å². The highest BCUT2D eigenvalue weighted by atomic mass is 16.2. The van der Waals surface area contributed by atoms with E-state index in [4.69, 9.17) is 0 Å². The molecule has 2 aromatic rings. The van der Waals surface area contributed by atoms with Crippen molar-refractivity contribution in [1.29, 1.82) is 0 Å². The van der Waals surface area contributed by atoms with Crippen LogP contribution in [0.5, 0.6) is 0 Å². The molecule has 0 bridgehead atoms. The summed E-state index contributed by atoms with van der Waals surface area (Å²) < 4.78 is 0. The normalized spacial score (nSPS) is 14.6. The van der Waals surface area contributed by atoms with E-state index in [2.05, 4.69) is 30.4 Å². The first-order valence-electron chi connectivity index (χ1n) is 8.08. The first-order chi connectivity index (χ1) is 11.7. The molecule has 24 heavy (non-hydrogen) atoms. The van der Waals surface area contributed by atoms with Gasteiger partial charge in [0.1, 0.15) is 11.5 Å². The third kappa shape index (κ3) is 3.58. The Morgan fingerprint density at radius 1 is 1.12 bits per heavy atom. The molecule has 3 rings (SSSR count). The maximum atomic E-state index is 12.4. The van der Waals surface area contributed by atoms with Crippen molar-refractivity contribution in [2.75, 3.05) is 42.9 Å². The maximum absolute atomic E-state index is 12.4. The molecule has 0 atom stereocenters. The average molecular weight is 327 g/mol. The smallest absolute Gasteiger partial charge is 0.274 e. The van der Waals surface area contributed by atoms with Crippen LogP contribution < -0.4 is 10.2 Å². The van der Waals surface area contributed by atoms with Crippen LogP contribution >= 0.6 is 0 Å². The fraction of sp³-hybridized carbons (Fsp3) is 0.438. The standard InChI is InChI=1S/C16H21N7O/c1-3-17-14-4-5-15(21-20-14)22-6-8-23(9-7-22)16(24)13-11-18-12(2)10-19-13/h4-5,10-11H,3,6-9H2,1-2H3,(H,17,20). The number of piperazine rings is 1. The molecule has 2 aromatic heterocycles. The lowest BCUT2D eigenvalue weighted by Gasteiger charge is -2.34.